The maximum Gasteiger partial charge on any atom is 0.261 e. The number of benzene rings is 1. The van der Waals surface area contributed by atoms with Crippen LogP contribution in [0, 0.1) is 11.3 Å². The molecule has 1 aliphatic rings. The number of hydrogen-bond donors (Lipinski definition) is 2. The van der Waals surface area contributed by atoms with Gasteiger partial charge < -0.3 is 5.32 Å². The lowest BCUT2D eigenvalue weighted by Crippen LogP contribution is -2.33. The number of fused-ring (bicyclic) bond motifs is 1. The summed E-state index contributed by atoms with van der Waals surface area (Å²) in [5.41, 5.74) is 0.942. The van der Waals surface area contributed by atoms with E-state index in [-0.39, 0.29) is 24.3 Å². The van der Waals surface area contributed by atoms with Crippen LogP contribution in [0.4, 0.5) is 5.82 Å². The summed E-state index contributed by atoms with van der Waals surface area (Å²) < 4.78 is 0. The van der Waals surface area contributed by atoms with Crippen LogP contribution in [0.15, 0.2) is 29.3 Å². The zero-order chi connectivity index (χ0) is 18.0. The molecule has 0 saturated heterocycles. The third-order valence-electron chi connectivity index (χ3n) is 3.74. The van der Waals surface area contributed by atoms with Crippen LogP contribution in [0.1, 0.15) is 32.7 Å². The number of amides is 3. The quantitative estimate of drug-likeness (QED) is 0.621. The van der Waals surface area contributed by atoms with Crippen molar-refractivity contribution in [2.45, 2.75) is 11.4 Å². The molecule has 0 bridgehead atoms. The maximum atomic E-state index is 12.2. The molecule has 1 aromatic heterocycles. The number of imide groups is 1. The fraction of sp³-hybridized carbons (Fsp3) is 0.188. The summed E-state index contributed by atoms with van der Waals surface area (Å²) >= 11 is 1.28. The minimum Gasteiger partial charge on any atom is -0.310 e. The number of nitriles is 1. The highest BCUT2D eigenvalue weighted by molar-refractivity contribution is 7.98. The first-order chi connectivity index (χ1) is 12.1. The van der Waals surface area contributed by atoms with E-state index in [4.69, 9.17) is 5.26 Å². The number of anilines is 1. The summed E-state index contributed by atoms with van der Waals surface area (Å²) in [5, 5.41) is 18.7. The van der Waals surface area contributed by atoms with Gasteiger partial charge in [0.25, 0.3) is 11.8 Å². The summed E-state index contributed by atoms with van der Waals surface area (Å²) in [6, 6.07) is 8.52. The van der Waals surface area contributed by atoms with Crippen LogP contribution in [0.2, 0.25) is 0 Å². The second kappa shape index (κ2) is 6.78. The van der Waals surface area contributed by atoms with Crippen molar-refractivity contribution >= 4 is 35.3 Å². The highest BCUT2D eigenvalue weighted by Crippen LogP contribution is 2.24. The van der Waals surface area contributed by atoms with Gasteiger partial charge in [-0.05, 0) is 18.4 Å². The Kier molecular flexibility index (Phi) is 4.54. The molecule has 2 aromatic rings. The molecule has 0 aliphatic carbocycles. The standard InChI is InChI=1S/C16H13N5O3S/c1-25-14-11(8-17)13(19-20-14)18-12(22)6-7-21-15(23)9-4-2-3-5-10(9)16(21)24/h2-5H,6-7H2,1H3,(H2,18,19,20,22). The molecule has 0 saturated carbocycles. The van der Waals surface area contributed by atoms with Gasteiger partial charge in [-0.1, -0.05) is 12.1 Å². The van der Waals surface area contributed by atoms with Crippen LogP contribution in [-0.4, -0.2) is 45.6 Å². The van der Waals surface area contributed by atoms with E-state index < -0.39 is 17.7 Å². The molecule has 0 unspecified atom stereocenters. The SMILES string of the molecule is CSc1n[nH]c(NC(=O)CCN2C(=O)c3ccccc3C2=O)c1C#N. The summed E-state index contributed by atoms with van der Waals surface area (Å²) in [7, 11) is 0. The van der Waals surface area contributed by atoms with Gasteiger partial charge in [0.2, 0.25) is 5.91 Å². The number of thioether (sulfide) groups is 1. The van der Waals surface area contributed by atoms with Gasteiger partial charge in [-0.15, -0.1) is 11.8 Å². The average Bonchev–Trinajstić information content (AvgIpc) is 3.12. The summed E-state index contributed by atoms with van der Waals surface area (Å²) in [6.45, 7) is -0.0381. The van der Waals surface area contributed by atoms with Crippen molar-refractivity contribution < 1.29 is 14.4 Å². The molecule has 126 valence electrons. The first kappa shape index (κ1) is 16.7. The minimum atomic E-state index is -0.427. The number of hydrogen-bond acceptors (Lipinski definition) is 6. The van der Waals surface area contributed by atoms with Crippen molar-refractivity contribution in [2.24, 2.45) is 0 Å². The van der Waals surface area contributed by atoms with Crippen molar-refractivity contribution in [1.29, 1.82) is 5.26 Å². The fourth-order valence-corrected chi connectivity index (χ4v) is 3.01. The van der Waals surface area contributed by atoms with Crippen LogP contribution in [0.3, 0.4) is 0 Å². The Labute approximate surface area is 147 Å². The molecule has 0 radical (unpaired) electrons. The minimum absolute atomic E-state index is 0.0381. The largest absolute Gasteiger partial charge is 0.310 e. The molecule has 3 rings (SSSR count). The lowest BCUT2D eigenvalue weighted by atomic mass is 10.1. The number of carbonyl (C=O) groups excluding carboxylic acids is 3. The molecular weight excluding hydrogens is 342 g/mol. The molecule has 3 amide bonds. The Morgan fingerprint density at radius 3 is 2.52 bits per heavy atom. The summed E-state index contributed by atoms with van der Waals surface area (Å²) in [4.78, 5) is 37.6. The molecule has 2 N–H and O–H groups in total. The smallest absolute Gasteiger partial charge is 0.261 e. The van der Waals surface area contributed by atoms with Crippen LogP contribution in [0.25, 0.3) is 0 Å². The third-order valence-corrected chi connectivity index (χ3v) is 4.43. The summed E-state index contributed by atoms with van der Waals surface area (Å²) in [5.74, 6) is -1.03. The van der Waals surface area contributed by atoms with Gasteiger partial charge >= 0.3 is 0 Å². The van der Waals surface area contributed by atoms with E-state index >= 15 is 0 Å². The number of aromatic nitrogens is 2. The molecule has 9 heteroatoms. The van der Waals surface area contributed by atoms with Crippen molar-refractivity contribution in [3.05, 3.63) is 41.0 Å². The lowest BCUT2D eigenvalue weighted by Gasteiger charge is -2.13. The van der Waals surface area contributed by atoms with E-state index in [1.807, 2.05) is 6.07 Å². The van der Waals surface area contributed by atoms with Crippen molar-refractivity contribution in [3.63, 3.8) is 0 Å². The van der Waals surface area contributed by atoms with Crippen LogP contribution in [0.5, 0.6) is 0 Å². The van der Waals surface area contributed by atoms with E-state index in [0.29, 0.717) is 16.2 Å². The van der Waals surface area contributed by atoms with E-state index in [0.717, 1.165) is 4.90 Å². The monoisotopic (exact) mass is 355 g/mol. The van der Waals surface area contributed by atoms with Crippen LogP contribution < -0.4 is 5.32 Å². The van der Waals surface area contributed by atoms with Gasteiger partial charge in [0.15, 0.2) is 0 Å². The van der Waals surface area contributed by atoms with Crippen molar-refractivity contribution in [3.8, 4) is 6.07 Å². The highest BCUT2D eigenvalue weighted by Gasteiger charge is 2.35. The average molecular weight is 355 g/mol. The van der Waals surface area contributed by atoms with Gasteiger partial charge in [-0.2, -0.15) is 10.4 Å². The predicted molar refractivity (Wildman–Crippen MR) is 90.1 cm³/mol. The molecule has 25 heavy (non-hydrogen) atoms. The topological polar surface area (TPSA) is 119 Å². The molecule has 0 spiro atoms. The number of aromatic amines is 1. The first-order valence-electron chi connectivity index (χ1n) is 7.34. The number of H-pyrrole nitrogens is 1. The Bertz CT molecular complexity index is 880. The van der Waals surface area contributed by atoms with E-state index in [1.165, 1.54) is 11.8 Å². The number of rotatable bonds is 5. The Morgan fingerprint density at radius 2 is 1.96 bits per heavy atom. The summed E-state index contributed by atoms with van der Waals surface area (Å²) in [6.07, 6.45) is 1.69. The maximum absolute atomic E-state index is 12.2. The van der Waals surface area contributed by atoms with E-state index in [2.05, 4.69) is 15.5 Å². The zero-order valence-electron chi connectivity index (χ0n) is 13.2. The van der Waals surface area contributed by atoms with Crippen molar-refractivity contribution in [2.75, 3.05) is 18.1 Å². The Morgan fingerprint density at radius 1 is 1.32 bits per heavy atom. The second-order valence-corrected chi connectivity index (χ2v) is 6.00. The molecule has 1 aliphatic heterocycles. The number of nitrogens with zero attached hydrogens (tertiary/aromatic N) is 3. The molecular formula is C16H13N5O3S. The number of nitrogens with one attached hydrogen (secondary N) is 2. The Hall–Kier alpha value is -3.12. The highest BCUT2D eigenvalue weighted by atomic mass is 32.2. The van der Waals surface area contributed by atoms with Gasteiger partial charge in [0, 0.05) is 13.0 Å². The fourth-order valence-electron chi connectivity index (χ4n) is 2.52. The normalized spacial score (nSPS) is 12.9. The van der Waals surface area contributed by atoms with Crippen molar-refractivity contribution in [1.82, 2.24) is 15.1 Å². The number of carbonyl (C=O) groups is 3. The second-order valence-electron chi connectivity index (χ2n) is 5.20. The lowest BCUT2D eigenvalue weighted by molar-refractivity contribution is -0.116. The molecule has 0 fully saturated rings. The molecule has 0 atom stereocenters. The van der Waals surface area contributed by atoms with Gasteiger partial charge in [0.1, 0.15) is 22.5 Å². The molecule has 8 nitrogen and oxygen atoms in total. The van der Waals surface area contributed by atoms with Gasteiger partial charge in [0.05, 0.1) is 11.1 Å². The predicted octanol–water partition coefficient (Wildman–Crippen LogP) is 1.63. The van der Waals surface area contributed by atoms with Crippen LogP contribution in [-0.2, 0) is 4.79 Å². The van der Waals surface area contributed by atoms with E-state index in [1.54, 1.807) is 30.5 Å². The molecule has 1 aromatic carbocycles. The van der Waals surface area contributed by atoms with Gasteiger partial charge in [-0.3, -0.25) is 24.4 Å². The Balaban J connectivity index is 1.64. The van der Waals surface area contributed by atoms with E-state index in [9.17, 15) is 14.4 Å². The first-order valence-corrected chi connectivity index (χ1v) is 8.56. The van der Waals surface area contributed by atoms with Gasteiger partial charge in [-0.25, -0.2) is 0 Å². The zero-order valence-corrected chi connectivity index (χ0v) is 14.0. The third kappa shape index (κ3) is 2.99. The van der Waals surface area contributed by atoms with Crippen LogP contribution >= 0.6 is 11.8 Å². The molecule has 2 heterocycles.